The van der Waals surface area contributed by atoms with Gasteiger partial charge in [-0.3, -0.25) is 4.79 Å². The maximum Gasteiger partial charge on any atom is 0.227 e. The van der Waals surface area contributed by atoms with Gasteiger partial charge in [0, 0.05) is 24.0 Å². The first-order valence-corrected chi connectivity index (χ1v) is 9.07. The summed E-state index contributed by atoms with van der Waals surface area (Å²) in [5.41, 5.74) is 0. The van der Waals surface area contributed by atoms with E-state index in [0.717, 1.165) is 40.5 Å². The molecule has 3 nitrogen and oxygen atoms in total. The van der Waals surface area contributed by atoms with E-state index in [9.17, 15) is 4.79 Å². The zero-order chi connectivity index (χ0) is 13.9. The molecule has 2 heterocycles. The fourth-order valence-electron chi connectivity index (χ4n) is 2.70. The van der Waals surface area contributed by atoms with Gasteiger partial charge in [0.1, 0.15) is 0 Å². The summed E-state index contributed by atoms with van der Waals surface area (Å²) in [5.74, 6) is 1.21. The highest BCUT2D eigenvalue weighted by molar-refractivity contribution is 9.11. The molecule has 6 heteroatoms. The van der Waals surface area contributed by atoms with Crippen molar-refractivity contribution in [3.8, 4) is 0 Å². The molecule has 1 aliphatic heterocycles. The summed E-state index contributed by atoms with van der Waals surface area (Å²) in [6.45, 7) is 3.00. The van der Waals surface area contributed by atoms with E-state index < -0.39 is 0 Å². The summed E-state index contributed by atoms with van der Waals surface area (Å²) in [7, 11) is 0. The second-order valence-corrected chi connectivity index (χ2v) is 8.44. The van der Waals surface area contributed by atoms with E-state index in [1.54, 1.807) is 11.3 Å². The highest BCUT2D eigenvalue weighted by atomic mass is 79.9. The second kappa shape index (κ2) is 7.95. The summed E-state index contributed by atoms with van der Waals surface area (Å²) in [6.07, 6.45) is 5.57. The molecule has 2 aliphatic rings. The van der Waals surface area contributed by atoms with E-state index in [4.69, 9.17) is 0 Å². The van der Waals surface area contributed by atoms with Gasteiger partial charge in [-0.25, -0.2) is 0 Å². The second-order valence-electron chi connectivity index (χ2n) is 5.89. The predicted molar refractivity (Wildman–Crippen MR) is 93.3 cm³/mol. The molecule has 1 N–H and O–H groups in total. The average molecular weight is 394 g/mol. The van der Waals surface area contributed by atoms with Crippen LogP contribution in [0.2, 0.25) is 0 Å². The number of nitrogens with one attached hydrogen (secondary N) is 1. The lowest BCUT2D eigenvalue weighted by Gasteiger charge is -2.32. The third kappa shape index (κ3) is 5.23. The first-order chi connectivity index (χ1) is 9.70. The minimum atomic E-state index is 0. The number of carbonyl (C=O) groups excluding carboxylic acids is 1. The van der Waals surface area contributed by atoms with Gasteiger partial charge in [0.15, 0.2) is 0 Å². The first kappa shape index (κ1) is 17.3. The molecule has 1 saturated carbocycles. The van der Waals surface area contributed by atoms with Crippen LogP contribution in [0, 0.1) is 5.92 Å². The van der Waals surface area contributed by atoms with Gasteiger partial charge < -0.3 is 10.2 Å². The lowest BCUT2D eigenvalue weighted by atomic mass is 10.0. The Kier molecular flexibility index (Phi) is 6.53. The summed E-state index contributed by atoms with van der Waals surface area (Å²) in [4.78, 5) is 15.4. The number of carbonyl (C=O) groups is 1. The van der Waals surface area contributed by atoms with Crippen LogP contribution in [0.1, 0.15) is 30.6 Å². The summed E-state index contributed by atoms with van der Waals surface area (Å²) in [6, 6.07) is 4.67. The minimum absolute atomic E-state index is 0. The lowest BCUT2D eigenvalue weighted by Crippen LogP contribution is -2.45. The van der Waals surface area contributed by atoms with Gasteiger partial charge in [0.2, 0.25) is 5.91 Å². The number of piperidine rings is 1. The number of nitrogens with zero attached hydrogens (tertiary/aromatic N) is 1. The average Bonchev–Trinajstić information content (AvgIpc) is 3.20. The normalized spacial score (nSPS) is 19.4. The van der Waals surface area contributed by atoms with Gasteiger partial charge in [0.05, 0.1) is 10.2 Å². The van der Waals surface area contributed by atoms with Crippen molar-refractivity contribution in [1.29, 1.82) is 0 Å². The van der Waals surface area contributed by atoms with Gasteiger partial charge in [-0.15, -0.1) is 23.7 Å². The molecule has 1 amide bonds. The molecule has 0 unspecified atom stereocenters. The number of hydrogen-bond donors (Lipinski definition) is 1. The zero-order valence-corrected chi connectivity index (χ0v) is 15.2. The lowest BCUT2D eigenvalue weighted by molar-refractivity contribution is -0.131. The van der Waals surface area contributed by atoms with Crippen molar-refractivity contribution in [2.45, 2.75) is 38.1 Å². The summed E-state index contributed by atoms with van der Waals surface area (Å²) >= 11 is 5.10. The Labute approximate surface area is 145 Å². The minimum Gasteiger partial charge on any atom is -0.342 e. The number of hydrogen-bond acceptors (Lipinski definition) is 3. The Morgan fingerprint density at radius 2 is 2.00 bits per heavy atom. The van der Waals surface area contributed by atoms with E-state index in [2.05, 4.69) is 21.2 Å². The van der Waals surface area contributed by atoms with Crippen LogP contribution in [0.5, 0.6) is 0 Å². The molecule has 118 valence electrons. The van der Waals surface area contributed by atoms with Crippen LogP contribution in [0.25, 0.3) is 0 Å². The van der Waals surface area contributed by atoms with Crippen LogP contribution < -0.4 is 5.32 Å². The molecule has 0 atom stereocenters. The molecule has 0 radical (unpaired) electrons. The van der Waals surface area contributed by atoms with Crippen LogP contribution in [-0.4, -0.2) is 36.5 Å². The number of halogens is 2. The van der Waals surface area contributed by atoms with Crippen molar-refractivity contribution in [3.63, 3.8) is 0 Å². The van der Waals surface area contributed by atoms with E-state index >= 15 is 0 Å². The van der Waals surface area contributed by atoms with Gasteiger partial charge in [-0.05, 0) is 66.2 Å². The van der Waals surface area contributed by atoms with Crippen LogP contribution in [0.3, 0.4) is 0 Å². The van der Waals surface area contributed by atoms with E-state index in [0.29, 0.717) is 12.5 Å². The van der Waals surface area contributed by atoms with Crippen molar-refractivity contribution in [1.82, 2.24) is 10.2 Å². The van der Waals surface area contributed by atoms with Crippen molar-refractivity contribution in [2.24, 2.45) is 5.92 Å². The number of thiophene rings is 1. The first-order valence-electron chi connectivity index (χ1n) is 7.46. The van der Waals surface area contributed by atoms with Crippen molar-refractivity contribution < 1.29 is 4.79 Å². The van der Waals surface area contributed by atoms with E-state index in [1.807, 2.05) is 17.0 Å². The Morgan fingerprint density at radius 3 is 2.57 bits per heavy atom. The fraction of sp³-hybridized carbons (Fsp3) is 0.667. The molecule has 21 heavy (non-hydrogen) atoms. The molecule has 0 spiro atoms. The topological polar surface area (TPSA) is 32.3 Å². The zero-order valence-electron chi connectivity index (χ0n) is 12.0. The molecule has 1 aliphatic carbocycles. The van der Waals surface area contributed by atoms with Crippen LogP contribution in [0.15, 0.2) is 15.9 Å². The molecule has 1 aromatic rings. The summed E-state index contributed by atoms with van der Waals surface area (Å²) in [5, 5.41) is 3.65. The van der Waals surface area contributed by atoms with Crippen LogP contribution >= 0.6 is 39.7 Å². The predicted octanol–water partition coefficient (Wildman–Crippen LogP) is 3.47. The molecule has 0 aromatic carbocycles. The van der Waals surface area contributed by atoms with Crippen molar-refractivity contribution in [2.75, 3.05) is 19.6 Å². The third-order valence-electron chi connectivity index (χ3n) is 4.19. The highest BCUT2D eigenvalue weighted by Gasteiger charge is 2.26. The molecular weight excluding hydrogens is 372 g/mol. The Hall–Kier alpha value is -0.100. The monoisotopic (exact) mass is 392 g/mol. The number of likely N-dealkylation sites (tertiary alicyclic amines) is 1. The van der Waals surface area contributed by atoms with Crippen molar-refractivity contribution in [3.05, 3.63) is 20.8 Å². The van der Waals surface area contributed by atoms with Gasteiger partial charge in [0.25, 0.3) is 0 Å². The van der Waals surface area contributed by atoms with E-state index in [1.165, 1.54) is 19.4 Å². The Morgan fingerprint density at radius 1 is 1.29 bits per heavy atom. The molecular formula is C15H22BrClN2OS. The standard InChI is InChI=1S/C15H21BrN2OS.ClH/c16-14-4-3-13(20-14)9-15(19)18-7-5-12(6-8-18)17-10-11-1-2-11;/h3-4,11-12,17H,1-2,5-10H2;1H. The third-order valence-corrected chi connectivity index (χ3v) is 5.82. The Balaban J connectivity index is 0.00000161. The molecule has 1 saturated heterocycles. The number of amides is 1. The van der Waals surface area contributed by atoms with Gasteiger partial charge in [-0.1, -0.05) is 0 Å². The van der Waals surface area contributed by atoms with Gasteiger partial charge >= 0.3 is 0 Å². The van der Waals surface area contributed by atoms with Crippen LogP contribution in [-0.2, 0) is 11.2 Å². The highest BCUT2D eigenvalue weighted by Crippen LogP contribution is 2.28. The molecule has 2 fully saturated rings. The fourth-order valence-corrected chi connectivity index (χ4v) is 4.17. The maximum absolute atomic E-state index is 12.3. The van der Waals surface area contributed by atoms with E-state index in [-0.39, 0.29) is 18.3 Å². The molecule has 1 aromatic heterocycles. The van der Waals surface area contributed by atoms with Crippen LogP contribution in [0.4, 0.5) is 0 Å². The van der Waals surface area contributed by atoms with Gasteiger partial charge in [-0.2, -0.15) is 0 Å². The quantitative estimate of drug-likeness (QED) is 0.831. The maximum atomic E-state index is 12.3. The summed E-state index contributed by atoms with van der Waals surface area (Å²) < 4.78 is 1.10. The molecule has 3 rings (SSSR count). The number of rotatable bonds is 5. The molecule has 0 bridgehead atoms. The smallest absolute Gasteiger partial charge is 0.227 e. The largest absolute Gasteiger partial charge is 0.342 e. The Bertz CT molecular complexity index is 470. The van der Waals surface area contributed by atoms with Crippen molar-refractivity contribution >= 4 is 45.6 Å². The SMILES string of the molecule is Cl.O=C(Cc1ccc(Br)s1)N1CCC(NCC2CC2)CC1.